The van der Waals surface area contributed by atoms with E-state index in [1.54, 1.807) is 24.3 Å². The second kappa shape index (κ2) is 7.48. The molecule has 24 heavy (non-hydrogen) atoms. The van der Waals surface area contributed by atoms with Crippen LogP contribution in [0.1, 0.15) is 20.8 Å². The summed E-state index contributed by atoms with van der Waals surface area (Å²) in [6.07, 6.45) is 0. The average molecular weight is 348 g/mol. The molecular weight excluding hydrogens is 328 g/mol. The fraction of sp³-hybridized carbons (Fsp3) is 0.375. The van der Waals surface area contributed by atoms with Gasteiger partial charge in [-0.05, 0) is 25.0 Å². The average Bonchev–Trinajstić information content (AvgIpc) is 2.51. The number of fused-ring (bicyclic) bond motifs is 1. The fourth-order valence-electron chi connectivity index (χ4n) is 2.31. The maximum Gasteiger partial charge on any atom is 0.318 e. The van der Waals surface area contributed by atoms with Crippen molar-refractivity contribution in [2.45, 2.75) is 37.7 Å². The molecule has 0 spiro atoms. The maximum absolute atomic E-state index is 12.6. The molecule has 1 aromatic carbocycles. The lowest BCUT2D eigenvalue weighted by molar-refractivity contribution is -0.120. The number of nitrogens with two attached hydrogens (primary N) is 1. The molecule has 3 N–H and O–H groups in total. The van der Waals surface area contributed by atoms with Crippen LogP contribution in [-0.4, -0.2) is 26.7 Å². The summed E-state index contributed by atoms with van der Waals surface area (Å²) in [5.74, 6) is -0.574. The van der Waals surface area contributed by atoms with Crippen molar-refractivity contribution >= 4 is 34.6 Å². The number of thioether (sulfide) groups is 1. The van der Waals surface area contributed by atoms with Crippen molar-refractivity contribution in [2.24, 2.45) is 11.7 Å². The molecule has 128 valence electrons. The summed E-state index contributed by atoms with van der Waals surface area (Å²) in [5.41, 5.74) is 5.46. The lowest BCUT2D eigenvalue weighted by Crippen LogP contribution is -2.42. The SMILES string of the molecule is CCn1c(SC(C(=O)NC(N)=O)C(C)C)nc2ccccc2c1=O. The third-order valence-electron chi connectivity index (χ3n) is 3.49. The van der Waals surface area contributed by atoms with Crippen molar-refractivity contribution in [2.75, 3.05) is 0 Å². The Morgan fingerprint density at radius 1 is 1.33 bits per heavy atom. The molecule has 2 aromatic rings. The number of benzene rings is 1. The number of hydrogen-bond acceptors (Lipinski definition) is 5. The van der Waals surface area contributed by atoms with Crippen LogP contribution in [0.5, 0.6) is 0 Å². The lowest BCUT2D eigenvalue weighted by Gasteiger charge is -2.20. The topological polar surface area (TPSA) is 107 Å². The zero-order chi connectivity index (χ0) is 17.9. The van der Waals surface area contributed by atoms with E-state index in [4.69, 9.17) is 5.73 Å². The number of nitrogens with one attached hydrogen (secondary N) is 1. The number of urea groups is 1. The van der Waals surface area contributed by atoms with Crippen molar-refractivity contribution in [1.29, 1.82) is 0 Å². The highest BCUT2D eigenvalue weighted by molar-refractivity contribution is 8.00. The van der Waals surface area contributed by atoms with Gasteiger partial charge in [-0.15, -0.1) is 0 Å². The van der Waals surface area contributed by atoms with Gasteiger partial charge in [0.1, 0.15) is 0 Å². The summed E-state index contributed by atoms with van der Waals surface area (Å²) in [5, 5.41) is 2.48. The fourth-order valence-corrected chi connectivity index (χ4v) is 3.47. The van der Waals surface area contributed by atoms with Crippen LogP contribution in [0.4, 0.5) is 4.79 Å². The second-order valence-corrected chi connectivity index (χ2v) is 6.71. The molecule has 1 heterocycles. The summed E-state index contributed by atoms with van der Waals surface area (Å²) >= 11 is 1.16. The lowest BCUT2D eigenvalue weighted by atomic mass is 10.1. The van der Waals surface area contributed by atoms with E-state index in [0.717, 1.165) is 11.8 Å². The van der Waals surface area contributed by atoms with Crippen LogP contribution in [0.15, 0.2) is 34.2 Å². The Balaban J connectivity index is 2.48. The number of nitrogens with zero attached hydrogens (tertiary/aromatic N) is 2. The first-order chi connectivity index (χ1) is 11.3. The minimum Gasteiger partial charge on any atom is -0.351 e. The van der Waals surface area contributed by atoms with Crippen LogP contribution in [0.3, 0.4) is 0 Å². The largest absolute Gasteiger partial charge is 0.351 e. The third kappa shape index (κ3) is 3.76. The van der Waals surface area contributed by atoms with E-state index in [-0.39, 0.29) is 11.5 Å². The molecule has 0 saturated carbocycles. The van der Waals surface area contributed by atoms with Crippen LogP contribution >= 0.6 is 11.8 Å². The number of primary amides is 1. The van der Waals surface area contributed by atoms with E-state index >= 15 is 0 Å². The summed E-state index contributed by atoms with van der Waals surface area (Å²) in [7, 11) is 0. The van der Waals surface area contributed by atoms with Gasteiger partial charge in [-0.3, -0.25) is 19.5 Å². The van der Waals surface area contributed by atoms with Crippen LogP contribution in [0.2, 0.25) is 0 Å². The van der Waals surface area contributed by atoms with E-state index in [0.29, 0.717) is 22.6 Å². The molecule has 0 bridgehead atoms. The molecule has 8 heteroatoms. The molecule has 0 aliphatic heterocycles. The normalized spacial score (nSPS) is 12.3. The Hall–Kier alpha value is -2.35. The highest BCUT2D eigenvalue weighted by atomic mass is 32.2. The summed E-state index contributed by atoms with van der Waals surface area (Å²) in [6.45, 7) is 5.98. The number of imide groups is 1. The van der Waals surface area contributed by atoms with E-state index in [1.165, 1.54) is 4.57 Å². The molecule has 1 unspecified atom stereocenters. The van der Waals surface area contributed by atoms with E-state index in [2.05, 4.69) is 10.3 Å². The van der Waals surface area contributed by atoms with Gasteiger partial charge in [-0.2, -0.15) is 0 Å². The molecule has 0 saturated heterocycles. The minimum atomic E-state index is -0.898. The second-order valence-electron chi connectivity index (χ2n) is 5.60. The molecule has 0 aliphatic carbocycles. The summed E-state index contributed by atoms with van der Waals surface area (Å²) < 4.78 is 1.53. The number of carbonyl (C=O) groups is 2. The van der Waals surface area contributed by atoms with Crippen LogP contribution in [0, 0.1) is 5.92 Å². The predicted molar refractivity (Wildman–Crippen MR) is 93.9 cm³/mol. The predicted octanol–water partition coefficient (Wildman–Crippen LogP) is 1.73. The van der Waals surface area contributed by atoms with Gasteiger partial charge in [0.25, 0.3) is 5.56 Å². The Labute approximate surface area is 143 Å². The Kier molecular flexibility index (Phi) is 5.61. The van der Waals surface area contributed by atoms with Crippen LogP contribution in [-0.2, 0) is 11.3 Å². The zero-order valence-corrected chi connectivity index (χ0v) is 14.6. The molecule has 3 amide bonds. The Bertz CT molecular complexity index is 832. The Morgan fingerprint density at radius 2 is 2.00 bits per heavy atom. The summed E-state index contributed by atoms with van der Waals surface area (Å²) in [4.78, 5) is 40.3. The molecule has 1 aromatic heterocycles. The monoisotopic (exact) mass is 348 g/mol. The number of carbonyl (C=O) groups excluding carboxylic acids is 2. The first-order valence-corrected chi connectivity index (χ1v) is 8.49. The quantitative estimate of drug-likeness (QED) is 0.632. The van der Waals surface area contributed by atoms with Crippen molar-refractivity contribution in [3.63, 3.8) is 0 Å². The molecular formula is C16H20N4O3S. The standard InChI is InChI=1S/C16H20N4O3S/c1-4-20-14(22)10-7-5-6-8-11(10)18-16(20)24-12(9(2)3)13(21)19-15(17)23/h5-9,12H,4H2,1-3H3,(H3,17,19,21,23). The smallest absolute Gasteiger partial charge is 0.318 e. The van der Waals surface area contributed by atoms with Gasteiger partial charge in [0.2, 0.25) is 5.91 Å². The maximum atomic E-state index is 12.6. The summed E-state index contributed by atoms with van der Waals surface area (Å²) in [6, 6.07) is 6.18. The van der Waals surface area contributed by atoms with Gasteiger partial charge < -0.3 is 5.73 Å². The van der Waals surface area contributed by atoms with Gasteiger partial charge >= 0.3 is 6.03 Å². The van der Waals surface area contributed by atoms with Crippen molar-refractivity contribution in [3.05, 3.63) is 34.6 Å². The minimum absolute atomic E-state index is 0.0805. The first-order valence-electron chi connectivity index (χ1n) is 7.61. The highest BCUT2D eigenvalue weighted by Crippen LogP contribution is 2.27. The van der Waals surface area contributed by atoms with Crippen LogP contribution < -0.4 is 16.6 Å². The van der Waals surface area contributed by atoms with Gasteiger partial charge in [-0.1, -0.05) is 37.7 Å². The van der Waals surface area contributed by atoms with Crippen LogP contribution in [0.25, 0.3) is 10.9 Å². The zero-order valence-electron chi connectivity index (χ0n) is 13.8. The number of rotatable bonds is 5. The van der Waals surface area contributed by atoms with E-state index < -0.39 is 17.2 Å². The Morgan fingerprint density at radius 3 is 2.58 bits per heavy atom. The molecule has 2 rings (SSSR count). The molecule has 7 nitrogen and oxygen atoms in total. The van der Waals surface area contributed by atoms with Crippen molar-refractivity contribution < 1.29 is 9.59 Å². The van der Waals surface area contributed by atoms with Gasteiger partial charge in [0.15, 0.2) is 5.16 Å². The number of para-hydroxylation sites is 1. The van der Waals surface area contributed by atoms with Crippen molar-refractivity contribution in [1.82, 2.24) is 14.9 Å². The number of hydrogen-bond donors (Lipinski definition) is 2. The van der Waals surface area contributed by atoms with E-state index in [9.17, 15) is 14.4 Å². The third-order valence-corrected chi connectivity index (χ3v) is 5.02. The molecule has 0 aliphatic rings. The van der Waals surface area contributed by atoms with E-state index in [1.807, 2.05) is 20.8 Å². The highest BCUT2D eigenvalue weighted by Gasteiger charge is 2.26. The first kappa shape index (κ1) is 18.0. The molecule has 1 atom stereocenters. The van der Waals surface area contributed by atoms with Gasteiger partial charge in [0, 0.05) is 6.54 Å². The van der Waals surface area contributed by atoms with Gasteiger partial charge in [0.05, 0.1) is 16.2 Å². The number of amides is 3. The van der Waals surface area contributed by atoms with Crippen molar-refractivity contribution in [3.8, 4) is 0 Å². The molecule has 0 fully saturated rings. The number of aromatic nitrogens is 2. The molecule has 0 radical (unpaired) electrons. The van der Waals surface area contributed by atoms with Gasteiger partial charge in [-0.25, -0.2) is 9.78 Å².